The highest BCUT2D eigenvalue weighted by molar-refractivity contribution is 5.74. The van der Waals surface area contributed by atoms with Crippen molar-refractivity contribution in [1.29, 1.82) is 0 Å². The van der Waals surface area contributed by atoms with Gasteiger partial charge < -0.3 is 15.7 Å². The van der Waals surface area contributed by atoms with Crippen molar-refractivity contribution in [2.45, 2.75) is 26.2 Å². The minimum absolute atomic E-state index is 0.467. The van der Waals surface area contributed by atoms with Gasteiger partial charge in [0.05, 0.1) is 5.41 Å². The highest BCUT2D eigenvalue weighted by Gasteiger charge is 2.39. The molecule has 1 fully saturated rings. The van der Waals surface area contributed by atoms with Crippen LogP contribution in [0.15, 0.2) is 0 Å². The summed E-state index contributed by atoms with van der Waals surface area (Å²) < 4.78 is 0. The Labute approximate surface area is 85.1 Å². The molecule has 1 heterocycles. The van der Waals surface area contributed by atoms with Gasteiger partial charge in [-0.3, -0.25) is 4.79 Å². The Morgan fingerprint density at radius 1 is 1.50 bits per heavy atom. The third kappa shape index (κ3) is 2.25. The number of likely N-dealkylation sites (tertiary alicyclic amines) is 1. The van der Waals surface area contributed by atoms with Crippen LogP contribution in [0.2, 0.25) is 0 Å². The molecular weight excluding hydrogens is 180 g/mol. The van der Waals surface area contributed by atoms with Gasteiger partial charge in [-0.25, -0.2) is 0 Å². The van der Waals surface area contributed by atoms with Crippen molar-refractivity contribution in [3.63, 3.8) is 0 Å². The number of piperidine rings is 1. The van der Waals surface area contributed by atoms with Crippen LogP contribution >= 0.6 is 0 Å². The zero-order valence-electron chi connectivity index (χ0n) is 8.83. The van der Waals surface area contributed by atoms with Gasteiger partial charge in [-0.2, -0.15) is 0 Å². The maximum Gasteiger partial charge on any atom is 0.309 e. The fourth-order valence-electron chi connectivity index (χ4n) is 2.11. The molecule has 3 N–H and O–H groups in total. The molecule has 1 aliphatic heterocycles. The van der Waals surface area contributed by atoms with E-state index in [2.05, 4.69) is 4.90 Å². The molecule has 0 aromatic carbocycles. The lowest BCUT2D eigenvalue weighted by atomic mass is 9.76. The summed E-state index contributed by atoms with van der Waals surface area (Å²) in [5.41, 5.74) is 4.99. The third-order valence-corrected chi connectivity index (χ3v) is 3.39. The number of hydrogen-bond acceptors (Lipinski definition) is 3. The van der Waals surface area contributed by atoms with E-state index in [9.17, 15) is 4.79 Å². The molecule has 0 aliphatic carbocycles. The Kier molecular flexibility index (Phi) is 3.89. The molecule has 0 unspecified atom stereocenters. The summed E-state index contributed by atoms with van der Waals surface area (Å²) in [5.74, 6) is -0.632. The van der Waals surface area contributed by atoms with E-state index < -0.39 is 11.4 Å². The largest absolute Gasteiger partial charge is 0.481 e. The number of nitrogens with zero attached hydrogens (tertiary/aromatic N) is 1. The normalized spacial score (nSPS) is 22.1. The third-order valence-electron chi connectivity index (χ3n) is 3.39. The lowest BCUT2D eigenvalue weighted by molar-refractivity contribution is -0.152. The molecule has 4 nitrogen and oxygen atoms in total. The van der Waals surface area contributed by atoms with Crippen molar-refractivity contribution in [2.24, 2.45) is 11.1 Å². The average molecular weight is 200 g/mol. The predicted octanol–water partition coefficient (Wildman–Crippen LogP) is 0.522. The Hall–Kier alpha value is -0.610. The van der Waals surface area contributed by atoms with Crippen LogP contribution in [0.1, 0.15) is 26.2 Å². The zero-order valence-corrected chi connectivity index (χ0v) is 8.83. The van der Waals surface area contributed by atoms with E-state index in [1.807, 2.05) is 6.92 Å². The molecule has 1 saturated heterocycles. The first kappa shape index (κ1) is 11.5. The molecular formula is C10H20N2O2. The molecule has 0 radical (unpaired) electrons. The summed E-state index contributed by atoms with van der Waals surface area (Å²) in [5, 5.41) is 9.16. The number of carbonyl (C=O) groups is 1. The van der Waals surface area contributed by atoms with E-state index in [4.69, 9.17) is 10.8 Å². The molecule has 4 heteroatoms. The van der Waals surface area contributed by atoms with Crippen LogP contribution in [-0.2, 0) is 4.79 Å². The summed E-state index contributed by atoms with van der Waals surface area (Å²) in [6.45, 7) is 5.26. The van der Waals surface area contributed by atoms with E-state index in [-0.39, 0.29) is 0 Å². The second-order valence-corrected chi connectivity index (χ2v) is 4.07. The van der Waals surface area contributed by atoms with Crippen LogP contribution in [0.5, 0.6) is 0 Å². The number of hydrogen-bond donors (Lipinski definition) is 2. The van der Waals surface area contributed by atoms with Crippen molar-refractivity contribution >= 4 is 5.97 Å². The Bertz CT molecular complexity index is 198. The molecule has 1 aliphatic rings. The molecule has 0 amide bonds. The molecule has 0 bridgehead atoms. The second-order valence-electron chi connectivity index (χ2n) is 4.07. The fourth-order valence-corrected chi connectivity index (χ4v) is 2.11. The van der Waals surface area contributed by atoms with Crippen molar-refractivity contribution in [1.82, 2.24) is 4.90 Å². The van der Waals surface area contributed by atoms with Crippen LogP contribution in [0.4, 0.5) is 0 Å². The monoisotopic (exact) mass is 200 g/mol. The van der Waals surface area contributed by atoms with Gasteiger partial charge in [0.15, 0.2) is 0 Å². The van der Waals surface area contributed by atoms with Crippen LogP contribution in [0.3, 0.4) is 0 Å². The highest BCUT2D eigenvalue weighted by Crippen LogP contribution is 2.34. The van der Waals surface area contributed by atoms with Crippen molar-refractivity contribution in [3.8, 4) is 0 Å². The SMILES string of the molecule is CCC1(C(=O)O)CCN(CCN)CC1. The van der Waals surface area contributed by atoms with E-state index >= 15 is 0 Å². The lowest BCUT2D eigenvalue weighted by Crippen LogP contribution is -2.45. The predicted molar refractivity (Wildman–Crippen MR) is 55.1 cm³/mol. The van der Waals surface area contributed by atoms with Crippen molar-refractivity contribution < 1.29 is 9.90 Å². The van der Waals surface area contributed by atoms with Gasteiger partial charge >= 0.3 is 5.97 Å². The minimum atomic E-state index is -0.632. The zero-order chi connectivity index (χ0) is 10.6. The first-order valence-corrected chi connectivity index (χ1v) is 5.30. The number of carboxylic acid groups (broad SMARTS) is 1. The van der Waals surface area contributed by atoms with E-state index in [1.54, 1.807) is 0 Å². The summed E-state index contributed by atoms with van der Waals surface area (Å²) in [6, 6.07) is 0. The van der Waals surface area contributed by atoms with Crippen LogP contribution in [-0.4, -0.2) is 42.2 Å². The standard InChI is InChI=1S/C10H20N2O2/c1-2-10(9(13)14)3-6-12(7-4-10)8-5-11/h2-8,11H2,1H3,(H,13,14). The maximum atomic E-state index is 11.1. The number of aliphatic carboxylic acids is 1. The summed E-state index contributed by atoms with van der Waals surface area (Å²) in [7, 11) is 0. The topological polar surface area (TPSA) is 66.6 Å². The number of nitrogens with two attached hydrogens (primary N) is 1. The first-order valence-electron chi connectivity index (χ1n) is 5.30. The van der Waals surface area contributed by atoms with Crippen LogP contribution < -0.4 is 5.73 Å². The van der Waals surface area contributed by atoms with Crippen LogP contribution in [0, 0.1) is 5.41 Å². The van der Waals surface area contributed by atoms with Gasteiger partial charge in [-0.05, 0) is 32.4 Å². The number of rotatable bonds is 4. The van der Waals surface area contributed by atoms with Gasteiger partial charge in [-0.1, -0.05) is 6.92 Å². The fraction of sp³-hybridized carbons (Fsp3) is 0.900. The smallest absolute Gasteiger partial charge is 0.309 e. The Morgan fingerprint density at radius 2 is 2.07 bits per heavy atom. The van der Waals surface area contributed by atoms with Gasteiger partial charge in [-0.15, -0.1) is 0 Å². The first-order chi connectivity index (χ1) is 6.64. The van der Waals surface area contributed by atoms with Gasteiger partial charge in [0.25, 0.3) is 0 Å². The van der Waals surface area contributed by atoms with Gasteiger partial charge in [0, 0.05) is 13.1 Å². The quantitative estimate of drug-likeness (QED) is 0.694. The van der Waals surface area contributed by atoms with Gasteiger partial charge in [0.2, 0.25) is 0 Å². The van der Waals surface area contributed by atoms with Crippen LogP contribution in [0.25, 0.3) is 0 Å². The average Bonchev–Trinajstić information content (AvgIpc) is 2.19. The maximum absolute atomic E-state index is 11.1. The van der Waals surface area contributed by atoms with E-state index in [1.165, 1.54) is 0 Å². The molecule has 0 aromatic heterocycles. The summed E-state index contributed by atoms with van der Waals surface area (Å²) in [4.78, 5) is 13.4. The molecule has 0 saturated carbocycles. The van der Waals surface area contributed by atoms with Crippen molar-refractivity contribution in [2.75, 3.05) is 26.2 Å². The minimum Gasteiger partial charge on any atom is -0.481 e. The Morgan fingerprint density at radius 3 is 2.43 bits per heavy atom. The number of carboxylic acids is 1. The Balaban J connectivity index is 2.50. The van der Waals surface area contributed by atoms with Gasteiger partial charge in [0.1, 0.15) is 0 Å². The van der Waals surface area contributed by atoms with E-state index in [0.29, 0.717) is 6.54 Å². The lowest BCUT2D eigenvalue weighted by Gasteiger charge is -2.38. The highest BCUT2D eigenvalue weighted by atomic mass is 16.4. The summed E-state index contributed by atoms with van der Waals surface area (Å²) >= 11 is 0. The van der Waals surface area contributed by atoms with E-state index in [0.717, 1.165) is 38.9 Å². The summed E-state index contributed by atoms with van der Waals surface area (Å²) in [6.07, 6.45) is 2.26. The molecule has 0 aromatic rings. The second kappa shape index (κ2) is 4.75. The molecule has 14 heavy (non-hydrogen) atoms. The molecule has 1 rings (SSSR count). The molecule has 0 spiro atoms. The molecule has 0 atom stereocenters. The van der Waals surface area contributed by atoms with Crippen molar-refractivity contribution in [3.05, 3.63) is 0 Å². The molecule has 82 valence electrons.